The largest absolute Gasteiger partial charge is 0.444 e. The van der Waals surface area contributed by atoms with Crippen molar-refractivity contribution in [2.45, 2.75) is 23.8 Å². The number of nitrogens with one attached hydrogen (secondary N) is 1. The van der Waals surface area contributed by atoms with Crippen molar-refractivity contribution in [3.63, 3.8) is 0 Å². The smallest absolute Gasteiger partial charge is 0.322 e. The Morgan fingerprint density at radius 3 is 2.46 bits per heavy atom. The minimum atomic E-state index is -3.56. The van der Waals surface area contributed by atoms with Gasteiger partial charge in [-0.3, -0.25) is 10.1 Å². The molecule has 28 heavy (non-hydrogen) atoms. The van der Waals surface area contributed by atoms with Crippen molar-refractivity contribution in [3.05, 3.63) is 46.6 Å². The van der Waals surface area contributed by atoms with Gasteiger partial charge in [0.2, 0.25) is 10.0 Å². The number of anilines is 1. The molecular weight excluding hydrogens is 452 g/mol. The number of nitrogens with zero attached hydrogens (tertiary/aromatic N) is 3. The lowest BCUT2D eigenvalue weighted by Crippen LogP contribution is -2.29. The van der Waals surface area contributed by atoms with Crippen LogP contribution in [0, 0.1) is 0 Å². The monoisotopic (exact) mass is 466 g/mol. The molecule has 146 valence electrons. The van der Waals surface area contributed by atoms with E-state index in [0.29, 0.717) is 10.4 Å². The summed E-state index contributed by atoms with van der Waals surface area (Å²) >= 11 is 3.17. The summed E-state index contributed by atoms with van der Waals surface area (Å²) in [6.45, 7) is 0. The van der Waals surface area contributed by atoms with Gasteiger partial charge in [0.1, 0.15) is 0 Å². The third-order valence-corrected chi connectivity index (χ3v) is 6.63. The first-order valence-electron chi connectivity index (χ1n) is 8.33. The fourth-order valence-corrected chi connectivity index (χ4v) is 4.27. The average Bonchev–Trinajstić information content (AvgIpc) is 3.28. The van der Waals surface area contributed by atoms with E-state index in [1.54, 1.807) is 19.2 Å². The molecule has 9 nitrogen and oxygen atoms in total. The lowest BCUT2D eigenvalue weighted by molar-refractivity contribution is 0.102. The Balaban J connectivity index is 1.46. The van der Waals surface area contributed by atoms with E-state index in [1.807, 2.05) is 0 Å². The normalized spacial score (nSPS) is 14.4. The van der Waals surface area contributed by atoms with Gasteiger partial charge in [-0.2, -0.15) is 4.31 Å². The SMILES string of the molecule is CN(C1CC1)S(=O)(=O)c1ccc(C(=O)Nc2nnc(-c3ccc(Br)o3)o2)cc1. The maximum Gasteiger partial charge on any atom is 0.322 e. The molecule has 1 saturated carbocycles. The molecule has 0 bridgehead atoms. The molecule has 1 aliphatic rings. The van der Waals surface area contributed by atoms with Gasteiger partial charge < -0.3 is 8.83 Å². The predicted molar refractivity (Wildman–Crippen MR) is 102 cm³/mol. The van der Waals surface area contributed by atoms with Crippen LogP contribution in [-0.4, -0.2) is 41.9 Å². The van der Waals surface area contributed by atoms with Crippen molar-refractivity contribution in [1.29, 1.82) is 0 Å². The van der Waals surface area contributed by atoms with Crippen LogP contribution in [0.4, 0.5) is 6.01 Å². The number of amides is 1. The average molecular weight is 467 g/mol. The van der Waals surface area contributed by atoms with Gasteiger partial charge in [0.15, 0.2) is 10.4 Å². The van der Waals surface area contributed by atoms with Crippen molar-refractivity contribution in [3.8, 4) is 11.7 Å². The molecule has 0 aliphatic heterocycles. The summed E-state index contributed by atoms with van der Waals surface area (Å²) < 4.78 is 37.5. The summed E-state index contributed by atoms with van der Waals surface area (Å²) in [4.78, 5) is 12.5. The Hall–Kier alpha value is -2.50. The van der Waals surface area contributed by atoms with Crippen LogP contribution in [0.25, 0.3) is 11.7 Å². The minimum Gasteiger partial charge on any atom is -0.444 e. The van der Waals surface area contributed by atoms with Crippen LogP contribution < -0.4 is 5.32 Å². The minimum absolute atomic E-state index is 0.0643. The molecule has 3 aromatic rings. The van der Waals surface area contributed by atoms with E-state index in [-0.39, 0.29) is 28.4 Å². The Kier molecular flexibility index (Phi) is 4.81. The lowest BCUT2D eigenvalue weighted by Gasteiger charge is -2.16. The Bertz CT molecular complexity index is 1120. The molecule has 0 unspecified atom stereocenters. The highest BCUT2D eigenvalue weighted by Crippen LogP contribution is 2.30. The second kappa shape index (κ2) is 7.15. The van der Waals surface area contributed by atoms with Gasteiger partial charge in [0.05, 0.1) is 4.90 Å². The number of benzene rings is 1. The number of hydrogen-bond donors (Lipinski definition) is 1. The van der Waals surface area contributed by atoms with Gasteiger partial charge in [-0.15, -0.1) is 5.10 Å². The molecule has 2 aromatic heterocycles. The summed E-state index contributed by atoms with van der Waals surface area (Å²) in [7, 11) is -1.99. The zero-order valence-electron chi connectivity index (χ0n) is 14.6. The van der Waals surface area contributed by atoms with E-state index < -0.39 is 15.9 Å². The van der Waals surface area contributed by atoms with Crippen molar-refractivity contribution in [1.82, 2.24) is 14.5 Å². The summed E-state index contributed by atoms with van der Waals surface area (Å²) in [5.41, 5.74) is 0.258. The maximum atomic E-state index is 12.5. The lowest BCUT2D eigenvalue weighted by atomic mass is 10.2. The van der Waals surface area contributed by atoms with Crippen LogP contribution in [0.2, 0.25) is 0 Å². The highest BCUT2D eigenvalue weighted by atomic mass is 79.9. The van der Waals surface area contributed by atoms with Gasteiger partial charge in [0.25, 0.3) is 11.8 Å². The van der Waals surface area contributed by atoms with Crippen LogP contribution in [0.1, 0.15) is 23.2 Å². The zero-order valence-corrected chi connectivity index (χ0v) is 17.0. The molecule has 1 aliphatic carbocycles. The number of furan rings is 1. The standard InChI is InChI=1S/C17H15BrN4O5S/c1-22(11-4-5-11)28(24,25)12-6-2-10(3-7-12)15(23)19-17-21-20-16(27-17)13-8-9-14(18)26-13/h2-3,6-9,11H,4-5H2,1H3,(H,19,21,23). The van der Waals surface area contributed by atoms with Gasteiger partial charge in [-0.1, -0.05) is 5.10 Å². The van der Waals surface area contributed by atoms with Gasteiger partial charge >= 0.3 is 6.01 Å². The molecule has 4 rings (SSSR count). The van der Waals surface area contributed by atoms with E-state index in [1.165, 1.54) is 28.6 Å². The third-order valence-electron chi connectivity index (χ3n) is 4.28. The maximum absolute atomic E-state index is 12.5. The fraction of sp³-hybridized carbons (Fsp3) is 0.235. The second-order valence-corrected chi connectivity index (χ2v) is 9.03. The number of carbonyl (C=O) groups is 1. The first kappa shape index (κ1) is 18.8. The number of halogens is 1. The Morgan fingerprint density at radius 2 is 1.86 bits per heavy atom. The van der Waals surface area contributed by atoms with Crippen LogP contribution >= 0.6 is 15.9 Å². The topological polar surface area (TPSA) is 119 Å². The molecule has 1 amide bonds. The van der Waals surface area contributed by atoms with Crippen molar-refractivity contribution in [2.24, 2.45) is 0 Å². The Labute approximate surface area is 168 Å². The summed E-state index contributed by atoms with van der Waals surface area (Å²) in [6.07, 6.45) is 1.74. The summed E-state index contributed by atoms with van der Waals surface area (Å²) in [5, 5.41) is 10.0. The molecule has 0 spiro atoms. The van der Waals surface area contributed by atoms with Crippen LogP contribution in [-0.2, 0) is 10.0 Å². The van der Waals surface area contributed by atoms with Crippen LogP contribution in [0.15, 0.2) is 54.8 Å². The second-order valence-electron chi connectivity index (χ2n) is 6.25. The first-order chi connectivity index (χ1) is 13.3. The number of aromatic nitrogens is 2. The number of rotatable bonds is 6. The van der Waals surface area contributed by atoms with E-state index in [4.69, 9.17) is 8.83 Å². The van der Waals surface area contributed by atoms with E-state index >= 15 is 0 Å². The van der Waals surface area contributed by atoms with E-state index in [9.17, 15) is 13.2 Å². The van der Waals surface area contributed by atoms with Crippen molar-refractivity contribution >= 4 is 37.9 Å². The molecule has 0 radical (unpaired) electrons. The van der Waals surface area contributed by atoms with E-state index in [0.717, 1.165) is 12.8 Å². The molecule has 1 fully saturated rings. The molecule has 1 aromatic carbocycles. The third kappa shape index (κ3) is 3.73. The molecule has 2 heterocycles. The number of sulfonamides is 1. The Morgan fingerprint density at radius 1 is 1.14 bits per heavy atom. The molecule has 0 saturated heterocycles. The molecule has 0 atom stereocenters. The predicted octanol–water partition coefficient (Wildman–Crippen LogP) is 3.13. The summed E-state index contributed by atoms with van der Waals surface area (Å²) in [6, 6.07) is 8.96. The van der Waals surface area contributed by atoms with Gasteiger partial charge in [-0.25, -0.2) is 8.42 Å². The van der Waals surface area contributed by atoms with Crippen molar-refractivity contribution < 1.29 is 22.0 Å². The fourth-order valence-electron chi connectivity index (χ4n) is 2.55. The zero-order chi connectivity index (χ0) is 19.9. The first-order valence-corrected chi connectivity index (χ1v) is 10.6. The number of hydrogen-bond acceptors (Lipinski definition) is 7. The quantitative estimate of drug-likeness (QED) is 0.592. The van der Waals surface area contributed by atoms with Crippen LogP contribution in [0.5, 0.6) is 0 Å². The highest BCUT2D eigenvalue weighted by Gasteiger charge is 2.35. The van der Waals surface area contributed by atoms with Gasteiger partial charge in [-0.05, 0) is 65.2 Å². The summed E-state index contributed by atoms with van der Waals surface area (Å²) in [5.74, 6) is -0.0323. The highest BCUT2D eigenvalue weighted by molar-refractivity contribution is 9.10. The van der Waals surface area contributed by atoms with Gasteiger partial charge in [0, 0.05) is 18.7 Å². The van der Waals surface area contributed by atoms with Crippen molar-refractivity contribution in [2.75, 3.05) is 12.4 Å². The molecular formula is C17H15BrN4O5S. The van der Waals surface area contributed by atoms with E-state index in [2.05, 4.69) is 31.4 Å². The van der Waals surface area contributed by atoms with Crippen LogP contribution in [0.3, 0.4) is 0 Å². The number of carbonyl (C=O) groups excluding carboxylic acids is 1. The molecule has 1 N–H and O–H groups in total. The molecule has 11 heteroatoms.